The van der Waals surface area contributed by atoms with E-state index in [2.05, 4.69) is 0 Å². The summed E-state index contributed by atoms with van der Waals surface area (Å²) in [4.78, 5) is 8.36. The Balaban J connectivity index is 0. The molecule has 0 atom stereocenters. The van der Waals surface area contributed by atoms with Gasteiger partial charge in [-0.05, 0) is 0 Å². The summed E-state index contributed by atoms with van der Waals surface area (Å²) in [6.45, 7) is -0.729. The highest BCUT2D eigenvalue weighted by Gasteiger charge is 1.93. The van der Waals surface area contributed by atoms with Crippen molar-refractivity contribution in [3.63, 3.8) is 0 Å². The van der Waals surface area contributed by atoms with Gasteiger partial charge in [0, 0.05) is 0 Å². The second-order valence-electron chi connectivity index (χ2n) is 1.26. The molecule has 7 heteroatoms. The molecule has 0 aromatic carbocycles. The first-order chi connectivity index (χ1) is 4.54. The molecule has 0 spiro atoms. The molecule has 0 saturated heterocycles. The Labute approximate surface area is 56.3 Å². The lowest BCUT2D eigenvalue weighted by atomic mass is 10.4. The molecule has 7 nitrogen and oxygen atoms in total. The van der Waals surface area contributed by atoms with Crippen LogP contribution in [0.4, 0.5) is 0 Å². The van der Waals surface area contributed by atoms with E-state index in [4.69, 9.17) is 30.6 Å². The fourth-order valence-electron chi connectivity index (χ4n) is 0.0577. The number of rotatable bonds is 2. The predicted octanol–water partition coefficient (Wildman–Crippen LogP) is -2.02. The van der Waals surface area contributed by atoms with Crippen molar-refractivity contribution in [3.05, 3.63) is 10.1 Å². The van der Waals surface area contributed by atoms with Crippen LogP contribution in [0.15, 0.2) is 0 Å². The first-order valence-electron chi connectivity index (χ1n) is 2.27. The smallest absolute Gasteiger partial charge is 0.291 e. The van der Waals surface area contributed by atoms with E-state index in [0.29, 0.717) is 0 Å². The molecule has 0 unspecified atom stereocenters. The van der Waals surface area contributed by atoms with Crippen molar-refractivity contribution in [1.82, 2.24) is 0 Å². The second kappa shape index (κ2) is 8.08. The van der Waals surface area contributed by atoms with Gasteiger partial charge in [-0.1, -0.05) is 0 Å². The van der Waals surface area contributed by atoms with Gasteiger partial charge in [-0.25, -0.2) is 0 Å². The van der Waals surface area contributed by atoms with Crippen LogP contribution >= 0.6 is 0 Å². The van der Waals surface area contributed by atoms with Crippen molar-refractivity contribution in [1.29, 1.82) is 0 Å². The lowest BCUT2D eigenvalue weighted by Crippen LogP contribution is -2.15. The van der Waals surface area contributed by atoms with Crippen LogP contribution in [-0.4, -0.2) is 44.9 Å². The van der Waals surface area contributed by atoms with Gasteiger partial charge in [0.2, 0.25) is 0 Å². The van der Waals surface area contributed by atoms with Crippen LogP contribution in [0, 0.1) is 10.1 Å². The Hall–Kier alpha value is -0.920. The SMILES string of the molecule is O=[N+]([O-])O.OCC(O)CO. The van der Waals surface area contributed by atoms with E-state index < -0.39 is 11.2 Å². The Morgan fingerprint density at radius 1 is 1.40 bits per heavy atom. The second-order valence-corrected chi connectivity index (χ2v) is 1.26. The third kappa shape index (κ3) is 27.6. The zero-order valence-electron chi connectivity index (χ0n) is 5.04. The fourth-order valence-corrected chi connectivity index (χ4v) is 0.0577. The number of hydrogen-bond acceptors (Lipinski definition) is 5. The summed E-state index contributed by atoms with van der Waals surface area (Å²) in [5, 5.41) is 37.7. The largest absolute Gasteiger partial charge is 0.394 e. The minimum absolute atomic E-state index is 0.365. The Morgan fingerprint density at radius 2 is 1.60 bits per heavy atom. The van der Waals surface area contributed by atoms with Gasteiger partial charge < -0.3 is 20.5 Å². The van der Waals surface area contributed by atoms with Crippen LogP contribution in [0.5, 0.6) is 0 Å². The van der Waals surface area contributed by atoms with Gasteiger partial charge in [0.1, 0.15) is 6.10 Å². The van der Waals surface area contributed by atoms with Gasteiger partial charge in [0.15, 0.2) is 0 Å². The molecule has 10 heavy (non-hydrogen) atoms. The molecule has 0 aliphatic heterocycles. The molecule has 0 aliphatic carbocycles. The highest BCUT2D eigenvalue weighted by atomic mass is 16.9. The van der Waals surface area contributed by atoms with E-state index in [1.807, 2.05) is 0 Å². The van der Waals surface area contributed by atoms with Crippen LogP contribution in [0.2, 0.25) is 0 Å². The molecular weight excluding hydrogens is 146 g/mol. The molecule has 0 saturated carbocycles. The first-order valence-corrected chi connectivity index (χ1v) is 2.27. The molecule has 0 rings (SSSR count). The maximum absolute atomic E-state index is 8.36. The van der Waals surface area contributed by atoms with Crippen LogP contribution in [0.3, 0.4) is 0 Å². The molecule has 0 fully saturated rings. The Kier molecular flexibility index (Phi) is 9.56. The van der Waals surface area contributed by atoms with Crippen LogP contribution < -0.4 is 0 Å². The standard InChI is InChI=1S/C3H8O3.HNO3/c4-1-3(6)2-5;2-1(3)4/h3-6H,1-2H2;(H,2,3,4). The summed E-state index contributed by atoms with van der Waals surface area (Å²) < 4.78 is 0. The molecule has 0 aliphatic rings. The molecule has 0 radical (unpaired) electrons. The molecule has 0 bridgehead atoms. The average molecular weight is 155 g/mol. The van der Waals surface area contributed by atoms with Gasteiger partial charge >= 0.3 is 0 Å². The Bertz CT molecular complexity index is 77.1. The topological polar surface area (TPSA) is 124 Å². The highest BCUT2D eigenvalue weighted by molar-refractivity contribution is 4.43. The van der Waals surface area contributed by atoms with Crippen molar-refractivity contribution < 1.29 is 25.6 Å². The minimum Gasteiger partial charge on any atom is -0.394 e. The fraction of sp³-hybridized carbons (Fsp3) is 1.00. The summed E-state index contributed by atoms with van der Waals surface area (Å²) in [5.74, 6) is 0. The van der Waals surface area contributed by atoms with E-state index in [0.717, 1.165) is 0 Å². The normalized spacial score (nSPS) is 8.40. The molecule has 0 aromatic heterocycles. The maximum atomic E-state index is 8.36. The monoisotopic (exact) mass is 155 g/mol. The van der Waals surface area contributed by atoms with Gasteiger partial charge in [-0.3, -0.25) is 0 Å². The minimum atomic E-state index is -1.50. The highest BCUT2D eigenvalue weighted by Crippen LogP contribution is 1.71. The van der Waals surface area contributed by atoms with E-state index in [1.54, 1.807) is 0 Å². The van der Waals surface area contributed by atoms with Crippen LogP contribution in [-0.2, 0) is 0 Å². The summed E-state index contributed by atoms with van der Waals surface area (Å²) in [6, 6.07) is 0. The summed E-state index contributed by atoms with van der Waals surface area (Å²) in [5.41, 5.74) is 0. The third-order valence-corrected chi connectivity index (χ3v) is 0.421. The van der Waals surface area contributed by atoms with E-state index in [1.165, 1.54) is 0 Å². The molecule has 0 aromatic rings. The zero-order chi connectivity index (χ0) is 8.57. The summed E-state index contributed by atoms with van der Waals surface area (Å²) in [7, 11) is 0. The van der Waals surface area contributed by atoms with Crippen molar-refractivity contribution in [2.45, 2.75) is 6.10 Å². The predicted molar refractivity (Wildman–Crippen MR) is 29.0 cm³/mol. The quantitative estimate of drug-likeness (QED) is 0.269. The lowest BCUT2D eigenvalue weighted by molar-refractivity contribution is -0.742. The van der Waals surface area contributed by atoms with E-state index in [-0.39, 0.29) is 13.2 Å². The molecule has 0 amide bonds. The summed E-state index contributed by atoms with van der Waals surface area (Å²) >= 11 is 0. The van der Waals surface area contributed by atoms with Crippen molar-refractivity contribution in [2.75, 3.05) is 13.2 Å². The molecule has 4 N–H and O–H groups in total. The van der Waals surface area contributed by atoms with Crippen molar-refractivity contribution in [2.24, 2.45) is 0 Å². The van der Waals surface area contributed by atoms with Crippen LogP contribution in [0.1, 0.15) is 0 Å². The number of nitrogens with zero attached hydrogens (tertiary/aromatic N) is 1. The van der Waals surface area contributed by atoms with Crippen molar-refractivity contribution >= 4 is 0 Å². The maximum Gasteiger partial charge on any atom is 0.291 e. The van der Waals surface area contributed by atoms with Crippen molar-refractivity contribution in [3.8, 4) is 0 Å². The average Bonchev–Trinajstić information content (AvgIpc) is 1.85. The third-order valence-electron chi connectivity index (χ3n) is 0.421. The van der Waals surface area contributed by atoms with Gasteiger partial charge in [0.05, 0.1) is 13.2 Å². The number of aliphatic hydroxyl groups excluding tert-OH is 3. The van der Waals surface area contributed by atoms with Gasteiger partial charge in [-0.15, -0.1) is 10.1 Å². The van der Waals surface area contributed by atoms with E-state index in [9.17, 15) is 0 Å². The van der Waals surface area contributed by atoms with Gasteiger partial charge in [0.25, 0.3) is 5.09 Å². The molecule has 62 valence electrons. The van der Waals surface area contributed by atoms with Gasteiger partial charge in [-0.2, -0.15) is 0 Å². The number of hydrogen-bond donors (Lipinski definition) is 4. The van der Waals surface area contributed by atoms with E-state index >= 15 is 0 Å². The summed E-state index contributed by atoms with van der Waals surface area (Å²) in [6.07, 6.45) is -0.954. The molecular formula is C3H9NO6. The van der Waals surface area contributed by atoms with Crippen LogP contribution in [0.25, 0.3) is 0 Å². The lowest BCUT2D eigenvalue weighted by Gasteiger charge is -1.96. The first kappa shape index (κ1) is 11.8. The zero-order valence-corrected chi connectivity index (χ0v) is 5.04. The Morgan fingerprint density at radius 3 is 1.60 bits per heavy atom. The molecule has 0 heterocycles. The number of aliphatic hydroxyl groups is 3.